The second kappa shape index (κ2) is 8.38. The molecule has 152 valence electrons. The Morgan fingerprint density at radius 1 is 1.39 bits per heavy atom. The Bertz CT molecular complexity index is 957. The molecule has 10 heteroatoms. The summed E-state index contributed by atoms with van der Waals surface area (Å²) in [5.74, 6) is 0.480. The largest absolute Gasteiger partial charge is 0.368 e. The lowest BCUT2D eigenvalue weighted by molar-refractivity contribution is -0.137. The van der Waals surface area contributed by atoms with Gasteiger partial charge in [-0.3, -0.25) is 4.79 Å². The van der Waals surface area contributed by atoms with E-state index in [9.17, 15) is 13.2 Å². The van der Waals surface area contributed by atoms with Gasteiger partial charge < -0.3 is 14.2 Å². The minimum absolute atomic E-state index is 0.265. The van der Waals surface area contributed by atoms with Gasteiger partial charge in [-0.15, -0.1) is 0 Å². The van der Waals surface area contributed by atoms with Crippen LogP contribution in [0.5, 0.6) is 0 Å². The molecule has 1 aliphatic rings. The molecule has 1 aliphatic heterocycles. The van der Waals surface area contributed by atoms with E-state index >= 15 is 0 Å². The van der Waals surface area contributed by atoms with E-state index in [0.29, 0.717) is 31.8 Å². The Labute approximate surface area is 164 Å². The smallest absolute Gasteiger partial charge is 0.237 e. The van der Waals surface area contributed by atoms with Crippen molar-refractivity contribution in [2.75, 3.05) is 32.5 Å². The summed E-state index contributed by atoms with van der Waals surface area (Å²) in [5.41, 5.74) is 3.10. The SMILES string of the molecule is CCc1onc(C)c1-c1cccc([C@H]2CN(C(=O)CNS(C)(=O)=O)CCO2)n1. The maximum atomic E-state index is 12.3. The van der Waals surface area contributed by atoms with E-state index in [1.54, 1.807) is 4.90 Å². The molecule has 0 saturated carbocycles. The van der Waals surface area contributed by atoms with Crippen LogP contribution < -0.4 is 4.72 Å². The van der Waals surface area contributed by atoms with Crippen LogP contribution in [0.2, 0.25) is 0 Å². The molecule has 9 nitrogen and oxygen atoms in total. The highest BCUT2D eigenvalue weighted by Crippen LogP contribution is 2.28. The fraction of sp³-hybridized carbons (Fsp3) is 0.500. The van der Waals surface area contributed by atoms with Crippen LogP contribution in [0.25, 0.3) is 11.3 Å². The number of nitrogens with one attached hydrogen (secondary N) is 1. The van der Waals surface area contributed by atoms with Gasteiger partial charge >= 0.3 is 0 Å². The van der Waals surface area contributed by atoms with E-state index in [1.807, 2.05) is 32.0 Å². The maximum absolute atomic E-state index is 12.3. The summed E-state index contributed by atoms with van der Waals surface area (Å²) in [6.07, 6.45) is 1.34. The summed E-state index contributed by atoms with van der Waals surface area (Å²) in [7, 11) is -3.42. The van der Waals surface area contributed by atoms with Crippen LogP contribution in [0.15, 0.2) is 22.7 Å². The number of pyridine rings is 1. The first-order valence-corrected chi connectivity index (χ1v) is 10.9. The molecule has 0 spiro atoms. The molecule has 2 aromatic rings. The Morgan fingerprint density at radius 3 is 2.89 bits per heavy atom. The summed E-state index contributed by atoms with van der Waals surface area (Å²) in [6.45, 7) is 4.67. The third-order valence-electron chi connectivity index (χ3n) is 4.52. The lowest BCUT2D eigenvalue weighted by Crippen LogP contribution is -2.46. The van der Waals surface area contributed by atoms with Crippen molar-refractivity contribution in [2.24, 2.45) is 0 Å². The van der Waals surface area contributed by atoms with Crippen LogP contribution in [0.1, 0.15) is 30.2 Å². The number of carbonyl (C=O) groups excluding carboxylic acids is 1. The molecule has 28 heavy (non-hydrogen) atoms. The first-order valence-electron chi connectivity index (χ1n) is 9.05. The van der Waals surface area contributed by atoms with E-state index in [0.717, 1.165) is 29.0 Å². The first kappa shape index (κ1) is 20.4. The highest BCUT2D eigenvalue weighted by Gasteiger charge is 2.27. The number of aromatic nitrogens is 2. The van der Waals surface area contributed by atoms with E-state index < -0.39 is 10.0 Å². The monoisotopic (exact) mass is 408 g/mol. The highest BCUT2D eigenvalue weighted by atomic mass is 32.2. The predicted molar refractivity (Wildman–Crippen MR) is 102 cm³/mol. The zero-order chi connectivity index (χ0) is 20.3. The molecule has 0 aliphatic carbocycles. The number of hydrogen-bond donors (Lipinski definition) is 1. The van der Waals surface area contributed by atoms with Crippen molar-refractivity contribution in [1.29, 1.82) is 0 Å². The van der Waals surface area contributed by atoms with E-state index in [4.69, 9.17) is 14.2 Å². The normalized spacial score (nSPS) is 17.7. The van der Waals surface area contributed by atoms with Gasteiger partial charge in [0.1, 0.15) is 11.9 Å². The molecule has 1 N–H and O–H groups in total. The van der Waals surface area contributed by atoms with Crippen LogP contribution in [0, 0.1) is 6.92 Å². The molecule has 0 radical (unpaired) electrons. The van der Waals surface area contributed by atoms with Crippen molar-refractivity contribution >= 4 is 15.9 Å². The average molecular weight is 408 g/mol. The van der Waals surface area contributed by atoms with Gasteiger partial charge in [-0.1, -0.05) is 18.1 Å². The van der Waals surface area contributed by atoms with E-state index in [2.05, 4.69) is 9.88 Å². The summed E-state index contributed by atoms with van der Waals surface area (Å²) < 4.78 is 35.8. The third-order valence-corrected chi connectivity index (χ3v) is 5.18. The van der Waals surface area contributed by atoms with Crippen molar-refractivity contribution in [3.05, 3.63) is 35.3 Å². The van der Waals surface area contributed by atoms with E-state index in [-0.39, 0.29) is 18.6 Å². The molecule has 0 bridgehead atoms. The lowest BCUT2D eigenvalue weighted by atomic mass is 10.1. The minimum Gasteiger partial charge on any atom is -0.368 e. The summed E-state index contributed by atoms with van der Waals surface area (Å²) in [4.78, 5) is 18.6. The topological polar surface area (TPSA) is 115 Å². The Balaban J connectivity index is 1.76. The van der Waals surface area contributed by atoms with Crippen LogP contribution in [-0.4, -0.2) is 61.9 Å². The zero-order valence-electron chi connectivity index (χ0n) is 16.1. The molecule has 2 aromatic heterocycles. The maximum Gasteiger partial charge on any atom is 0.237 e. The van der Waals surface area contributed by atoms with Crippen molar-refractivity contribution in [3.8, 4) is 11.3 Å². The molecule has 0 aromatic carbocycles. The van der Waals surface area contributed by atoms with Crippen molar-refractivity contribution in [1.82, 2.24) is 19.8 Å². The van der Waals surface area contributed by atoms with Crippen molar-refractivity contribution in [2.45, 2.75) is 26.4 Å². The van der Waals surface area contributed by atoms with Crippen LogP contribution in [0.3, 0.4) is 0 Å². The Kier molecular flexibility index (Phi) is 6.11. The number of hydrogen-bond acceptors (Lipinski definition) is 7. The van der Waals surface area contributed by atoms with Gasteiger partial charge in [0.15, 0.2) is 0 Å². The van der Waals surface area contributed by atoms with Gasteiger partial charge in [-0.25, -0.2) is 18.1 Å². The number of ether oxygens (including phenoxy) is 1. The molecule has 1 atom stereocenters. The average Bonchev–Trinajstić information content (AvgIpc) is 3.06. The molecule has 1 amide bonds. The van der Waals surface area contributed by atoms with Crippen LogP contribution in [0.4, 0.5) is 0 Å². The fourth-order valence-corrected chi connectivity index (χ4v) is 3.50. The number of morpholine rings is 1. The van der Waals surface area contributed by atoms with E-state index in [1.165, 1.54) is 0 Å². The summed E-state index contributed by atoms with van der Waals surface area (Å²) >= 11 is 0. The fourth-order valence-electron chi connectivity index (χ4n) is 3.12. The van der Waals surface area contributed by atoms with Gasteiger partial charge in [-0.2, -0.15) is 0 Å². The second-order valence-electron chi connectivity index (χ2n) is 6.66. The van der Waals surface area contributed by atoms with Gasteiger partial charge in [0.2, 0.25) is 15.9 Å². The highest BCUT2D eigenvalue weighted by molar-refractivity contribution is 7.88. The molecule has 1 fully saturated rings. The number of sulfonamides is 1. The van der Waals surface area contributed by atoms with Gasteiger partial charge in [0.25, 0.3) is 0 Å². The number of aryl methyl sites for hydroxylation is 2. The number of carbonyl (C=O) groups is 1. The predicted octanol–water partition coefficient (Wildman–Crippen LogP) is 1.06. The summed E-state index contributed by atoms with van der Waals surface area (Å²) in [6, 6.07) is 5.63. The first-order chi connectivity index (χ1) is 13.3. The summed E-state index contributed by atoms with van der Waals surface area (Å²) in [5, 5.41) is 4.03. The van der Waals surface area contributed by atoms with Crippen LogP contribution >= 0.6 is 0 Å². The Hall–Kier alpha value is -2.30. The quantitative estimate of drug-likeness (QED) is 0.760. The molecule has 0 unspecified atom stereocenters. The number of amides is 1. The number of nitrogens with zero attached hydrogens (tertiary/aromatic N) is 3. The zero-order valence-corrected chi connectivity index (χ0v) is 17.0. The van der Waals surface area contributed by atoms with Crippen LogP contribution in [-0.2, 0) is 26.0 Å². The minimum atomic E-state index is -3.42. The van der Waals surface area contributed by atoms with Gasteiger partial charge in [-0.05, 0) is 19.1 Å². The molecule has 3 heterocycles. The second-order valence-corrected chi connectivity index (χ2v) is 8.49. The molecular weight excluding hydrogens is 384 g/mol. The number of rotatable bonds is 6. The van der Waals surface area contributed by atoms with Gasteiger partial charge in [0, 0.05) is 13.0 Å². The van der Waals surface area contributed by atoms with Gasteiger partial charge in [0.05, 0.1) is 48.6 Å². The van der Waals surface area contributed by atoms with Crippen molar-refractivity contribution < 1.29 is 22.5 Å². The molecular formula is C18H24N4O5S. The third kappa shape index (κ3) is 4.75. The molecule has 3 rings (SSSR count). The standard InChI is InChI=1S/C18H24N4O5S/c1-4-15-18(12(2)21-27-15)14-7-5-6-13(20-14)16-11-22(8-9-26-16)17(23)10-19-28(3,24)25/h5-7,16,19H,4,8-11H2,1-3H3/t16-/m1/s1. The Morgan fingerprint density at radius 2 is 2.18 bits per heavy atom. The lowest BCUT2D eigenvalue weighted by Gasteiger charge is -2.32. The van der Waals surface area contributed by atoms with Crippen molar-refractivity contribution in [3.63, 3.8) is 0 Å². The molecule has 1 saturated heterocycles.